The van der Waals surface area contributed by atoms with Gasteiger partial charge < -0.3 is 5.32 Å². The number of pyridine rings is 1. The summed E-state index contributed by atoms with van der Waals surface area (Å²) in [6.45, 7) is 8.95. The fraction of sp³-hybridized carbons (Fsp3) is 0.643. The zero-order valence-electron chi connectivity index (χ0n) is 12.1. The highest BCUT2D eigenvalue weighted by Crippen LogP contribution is 2.32. The van der Waals surface area contributed by atoms with Crippen LogP contribution in [0.15, 0.2) is 12.1 Å². The van der Waals surface area contributed by atoms with Crippen molar-refractivity contribution in [1.29, 1.82) is 0 Å². The van der Waals surface area contributed by atoms with Crippen LogP contribution in [0.1, 0.15) is 33.3 Å². The van der Waals surface area contributed by atoms with E-state index < -0.39 is 11.7 Å². The molecule has 0 atom stereocenters. The molecule has 1 rings (SSSR count). The molecule has 0 amide bonds. The minimum atomic E-state index is -4.42. The lowest BCUT2D eigenvalue weighted by Gasteiger charge is -2.25. The lowest BCUT2D eigenvalue weighted by molar-refractivity contribution is -0.137. The Balaban J connectivity index is 2.85. The highest BCUT2D eigenvalue weighted by Gasteiger charge is 2.31. The van der Waals surface area contributed by atoms with E-state index in [-0.39, 0.29) is 11.0 Å². The number of alkyl halides is 3. The SMILES string of the molecule is CC(C)C(CNc1cc(C(F)(F)F)cc(Cl)n1)C(C)C. The molecule has 0 aliphatic rings. The molecule has 0 spiro atoms. The van der Waals surface area contributed by atoms with Gasteiger partial charge in [0.15, 0.2) is 0 Å². The number of rotatable bonds is 5. The minimum Gasteiger partial charge on any atom is -0.370 e. The molecule has 1 aromatic heterocycles. The number of anilines is 1. The molecule has 0 radical (unpaired) electrons. The molecule has 1 N–H and O–H groups in total. The molecule has 0 saturated heterocycles. The molecule has 0 unspecified atom stereocenters. The molecule has 1 aromatic rings. The Labute approximate surface area is 122 Å². The van der Waals surface area contributed by atoms with Crippen LogP contribution in [0.25, 0.3) is 0 Å². The Hall–Kier alpha value is -0.970. The maximum Gasteiger partial charge on any atom is 0.416 e. The van der Waals surface area contributed by atoms with E-state index in [4.69, 9.17) is 11.6 Å². The predicted molar refractivity (Wildman–Crippen MR) is 75.9 cm³/mol. The predicted octanol–water partition coefficient (Wildman–Crippen LogP) is 5.09. The molecular weight excluding hydrogens is 289 g/mol. The van der Waals surface area contributed by atoms with E-state index in [1.807, 2.05) is 0 Å². The van der Waals surface area contributed by atoms with Crippen LogP contribution < -0.4 is 5.32 Å². The first-order valence-corrected chi connectivity index (χ1v) is 6.97. The molecule has 0 fully saturated rings. The number of hydrogen-bond donors (Lipinski definition) is 1. The van der Waals surface area contributed by atoms with Gasteiger partial charge in [0.1, 0.15) is 11.0 Å². The Bertz CT molecular complexity index is 437. The monoisotopic (exact) mass is 308 g/mol. The summed E-state index contributed by atoms with van der Waals surface area (Å²) >= 11 is 5.65. The molecule has 114 valence electrons. The molecular formula is C14H20ClF3N2. The van der Waals surface area contributed by atoms with Crippen LogP contribution in [0, 0.1) is 17.8 Å². The normalized spacial score (nSPS) is 12.6. The van der Waals surface area contributed by atoms with Crippen LogP contribution in [0.2, 0.25) is 5.15 Å². The third-order valence-corrected chi connectivity index (χ3v) is 3.55. The van der Waals surface area contributed by atoms with Crippen molar-refractivity contribution in [2.75, 3.05) is 11.9 Å². The molecule has 1 heterocycles. The van der Waals surface area contributed by atoms with Crippen LogP contribution in [-0.4, -0.2) is 11.5 Å². The molecule has 6 heteroatoms. The van der Waals surface area contributed by atoms with Gasteiger partial charge in [-0.3, -0.25) is 0 Å². The number of aromatic nitrogens is 1. The van der Waals surface area contributed by atoms with E-state index >= 15 is 0 Å². The van der Waals surface area contributed by atoms with E-state index in [1.54, 1.807) is 0 Å². The van der Waals surface area contributed by atoms with Crippen molar-refractivity contribution in [1.82, 2.24) is 4.98 Å². The third-order valence-electron chi connectivity index (χ3n) is 3.35. The van der Waals surface area contributed by atoms with Crippen LogP contribution >= 0.6 is 11.6 Å². The van der Waals surface area contributed by atoms with E-state index in [0.29, 0.717) is 24.3 Å². The minimum absolute atomic E-state index is 0.159. The topological polar surface area (TPSA) is 24.9 Å². The molecule has 20 heavy (non-hydrogen) atoms. The second-order valence-electron chi connectivity index (χ2n) is 5.59. The summed E-state index contributed by atoms with van der Waals surface area (Å²) in [5, 5.41) is 2.81. The highest BCUT2D eigenvalue weighted by atomic mass is 35.5. The number of halogens is 4. The molecule has 0 aliphatic carbocycles. The summed E-state index contributed by atoms with van der Waals surface area (Å²) in [6, 6.07) is 1.82. The van der Waals surface area contributed by atoms with Crippen molar-refractivity contribution < 1.29 is 13.2 Å². The number of hydrogen-bond acceptors (Lipinski definition) is 2. The molecule has 0 aromatic carbocycles. The van der Waals surface area contributed by atoms with Crippen molar-refractivity contribution in [3.63, 3.8) is 0 Å². The standard InChI is InChI=1S/C14H20ClF3N2/c1-8(2)11(9(3)4)7-19-13-6-10(14(16,17)18)5-12(15)20-13/h5-6,8-9,11H,7H2,1-4H3,(H,19,20). The van der Waals surface area contributed by atoms with Gasteiger partial charge in [-0.25, -0.2) is 4.98 Å². The maximum atomic E-state index is 12.7. The summed E-state index contributed by atoms with van der Waals surface area (Å²) < 4.78 is 38.1. The number of nitrogens with one attached hydrogen (secondary N) is 1. The van der Waals surface area contributed by atoms with Crippen LogP contribution in [0.4, 0.5) is 19.0 Å². The number of nitrogens with zero attached hydrogens (tertiary/aromatic N) is 1. The van der Waals surface area contributed by atoms with Crippen molar-refractivity contribution in [2.24, 2.45) is 17.8 Å². The average molecular weight is 309 g/mol. The van der Waals surface area contributed by atoms with Crippen LogP contribution in [0.5, 0.6) is 0 Å². The fourth-order valence-corrected chi connectivity index (χ4v) is 2.42. The van der Waals surface area contributed by atoms with Gasteiger partial charge >= 0.3 is 6.18 Å². The summed E-state index contributed by atoms with van der Waals surface area (Å²) in [4.78, 5) is 3.89. The smallest absolute Gasteiger partial charge is 0.370 e. The largest absolute Gasteiger partial charge is 0.416 e. The van der Waals surface area contributed by atoms with E-state index in [0.717, 1.165) is 12.1 Å². The lowest BCUT2D eigenvalue weighted by atomic mass is 9.85. The zero-order chi connectivity index (χ0) is 15.5. The summed E-state index contributed by atoms with van der Waals surface area (Å²) in [7, 11) is 0. The Morgan fingerprint density at radius 3 is 2.15 bits per heavy atom. The molecule has 0 bridgehead atoms. The van der Waals surface area contributed by atoms with Gasteiger partial charge in [-0.15, -0.1) is 0 Å². The second-order valence-corrected chi connectivity index (χ2v) is 5.98. The van der Waals surface area contributed by atoms with Crippen molar-refractivity contribution in [3.05, 3.63) is 22.8 Å². The van der Waals surface area contributed by atoms with E-state index in [9.17, 15) is 13.2 Å². The first-order chi connectivity index (χ1) is 9.11. The summed E-state index contributed by atoms with van der Waals surface area (Å²) in [6.07, 6.45) is -4.42. The van der Waals surface area contributed by atoms with Crippen molar-refractivity contribution >= 4 is 17.4 Å². The molecule has 0 saturated carbocycles. The Morgan fingerprint density at radius 1 is 1.15 bits per heavy atom. The van der Waals surface area contributed by atoms with Gasteiger partial charge in [0.25, 0.3) is 0 Å². The lowest BCUT2D eigenvalue weighted by Crippen LogP contribution is -2.25. The Kier molecular flexibility index (Phi) is 5.68. The van der Waals surface area contributed by atoms with E-state index in [1.165, 1.54) is 0 Å². The second kappa shape index (κ2) is 6.66. The van der Waals surface area contributed by atoms with E-state index in [2.05, 4.69) is 38.0 Å². The van der Waals surface area contributed by atoms with Gasteiger partial charge in [0, 0.05) is 6.54 Å². The molecule has 0 aliphatic heterocycles. The Morgan fingerprint density at radius 2 is 1.70 bits per heavy atom. The highest BCUT2D eigenvalue weighted by molar-refractivity contribution is 6.29. The maximum absolute atomic E-state index is 12.7. The third kappa shape index (κ3) is 4.85. The van der Waals surface area contributed by atoms with Gasteiger partial charge in [-0.2, -0.15) is 13.2 Å². The van der Waals surface area contributed by atoms with Crippen molar-refractivity contribution in [2.45, 2.75) is 33.9 Å². The van der Waals surface area contributed by atoms with Crippen molar-refractivity contribution in [3.8, 4) is 0 Å². The van der Waals surface area contributed by atoms with Gasteiger partial charge in [0.05, 0.1) is 5.56 Å². The van der Waals surface area contributed by atoms with Gasteiger partial charge in [0.2, 0.25) is 0 Å². The van der Waals surface area contributed by atoms with Crippen LogP contribution in [-0.2, 0) is 6.18 Å². The van der Waals surface area contributed by atoms with Crippen LogP contribution in [0.3, 0.4) is 0 Å². The van der Waals surface area contributed by atoms with Gasteiger partial charge in [-0.1, -0.05) is 39.3 Å². The zero-order valence-corrected chi connectivity index (χ0v) is 12.8. The van der Waals surface area contributed by atoms with Gasteiger partial charge in [-0.05, 0) is 29.9 Å². The molecule has 2 nitrogen and oxygen atoms in total. The quantitative estimate of drug-likeness (QED) is 0.766. The first-order valence-electron chi connectivity index (χ1n) is 6.60. The average Bonchev–Trinajstić information content (AvgIpc) is 2.26. The summed E-state index contributed by atoms with van der Waals surface area (Å²) in [5.41, 5.74) is -0.786. The first kappa shape index (κ1) is 17.1. The summed E-state index contributed by atoms with van der Waals surface area (Å²) in [5.74, 6) is 1.38. The fourth-order valence-electron chi connectivity index (χ4n) is 2.21.